The summed E-state index contributed by atoms with van der Waals surface area (Å²) in [4.78, 5) is 21.0. The van der Waals surface area contributed by atoms with Crippen molar-refractivity contribution in [2.75, 3.05) is 13.2 Å². The summed E-state index contributed by atoms with van der Waals surface area (Å²) in [6.45, 7) is 7.76. The van der Waals surface area contributed by atoms with Crippen molar-refractivity contribution < 1.29 is 19.3 Å². The molecular formula is C13H17O4. The Morgan fingerprint density at radius 3 is 2.53 bits per heavy atom. The smallest absolute Gasteiger partial charge is 0.373 e. The summed E-state index contributed by atoms with van der Waals surface area (Å²) in [6.07, 6.45) is 0. The number of carbonyl (C=O) groups is 1. The van der Waals surface area contributed by atoms with Crippen LogP contribution in [0.4, 0.5) is 0 Å². The van der Waals surface area contributed by atoms with Gasteiger partial charge in [0.1, 0.15) is 0 Å². The Balaban J connectivity index is 2.47. The molecule has 1 aromatic rings. The lowest BCUT2D eigenvalue weighted by Gasteiger charge is -2.08. The molecule has 0 saturated carbocycles. The van der Waals surface area contributed by atoms with Gasteiger partial charge in [-0.1, -0.05) is 18.2 Å². The first-order valence-electron chi connectivity index (χ1n) is 5.50. The van der Waals surface area contributed by atoms with Crippen molar-refractivity contribution >= 4 is 5.97 Å². The van der Waals surface area contributed by atoms with E-state index < -0.39 is 5.97 Å². The first-order chi connectivity index (χ1) is 8.16. The van der Waals surface area contributed by atoms with E-state index in [1.165, 1.54) is 6.61 Å². The molecule has 1 radical (unpaired) electrons. The van der Waals surface area contributed by atoms with Gasteiger partial charge in [0.25, 0.3) is 0 Å². The predicted molar refractivity (Wildman–Crippen MR) is 63.2 cm³/mol. The number of hydrogen-bond donors (Lipinski definition) is 0. The number of aryl methyl sites for hydroxylation is 2. The van der Waals surface area contributed by atoms with Crippen molar-refractivity contribution in [3.05, 3.63) is 41.5 Å². The zero-order valence-corrected chi connectivity index (χ0v) is 10.4. The molecule has 0 atom stereocenters. The molecule has 0 fully saturated rings. The predicted octanol–water partition coefficient (Wildman–Crippen LogP) is 2.59. The van der Waals surface area contributed by atoms with Crippen LogP contribution in [0.5, 0.6) is 0 Å². The Morgan fingerprint density at radius 1 is 1.29 bits per heavy atom. The fourth-order valence-electron chi connectivity index (χ4n) is 1.45. The topological polar surface area (TPSA) is 44.8 Å². The molecule has 0 spiro atoms. The van der Waals surface area contributed by atoms with Gasteiger partial charge in [-0.2, -0.15) is 4.89 Å². The minimum Gasteiger partial charge on any atom is -0.379 e. The summed E-state index contributed by atoms with van der Waals surface area (Å²) in [5, 5.41) is 0. The third-order valence-electron chi connectivity index (χ3n) is 2.27. The SMILES string of the molecule is CCOC[CH]OOC(=O)c1c(C)cccc1C. The molecule has 0 heterocycles. The molecule has 0 aliphatic rings. The van der Waals surface area contributed by atoms with Gasteiger partial charge in [0.15, 0.2) is 6.61 Å². The molecular weight excluding hydrogens is 220 g/mol. The Labute approximate surface area is 101 Å². The second-order valence-corrected chi connectivity index (χ2v) is 3.56. The van der Waals surface area contributed by atoms with Gasteiger partial charge in [0, 0.05) is 6.61 Å². The van der Waals surface area contributed by atoms with Gasteiger partial charge in [-0.25, -0.2) is 4.79 Å². The molecule has 4 nitrogen and oxygen atoms in total. The molecule has 0 aliphatic carbocycles. The summed E-state index contributed by atoms with van der Waals surface area (Å²) in [5.74, 6) is -0.492. The van der Waals surface area contributed by atoms with Gasteiger partial charge in [0.05, 0.1) is 12.2 Å². The maximum absolute atomic E-state index is 11.7. The van der Waals surface area contributed by atoms with Crippen LogP contribution in [0.3, 0.4) is 0 Å². The Morgan fingerprint density at radius 2 is 1.94 bits per heavy atom. The molecule has 0 amide bonds. The Kier molecular flexibility index (Phi) is 5.66. The highest BCUT2D eigenvalue weighted by atomic mass is 17.2. The summed E-state index contributed by atoms with van der Waals surface area (Å²) in [7, 11) is 0. The van der Waals surface area contributed by atoms with Gasteiger partial charge >= 0.3 is 5.97 Å². The highest BCUT2D eigenvalue weighted by Gasteiger charge is 2.14. The van der Waals surface area contributed by atoms with Crippen LogP contribution in [-0.2, 0) is 14.5 Å². The molecule has 0 N–H and O–H groups in total. The van der Waals surface area contributed by atoms with Crippen LogP contribution < -0.4 is 0 Å². The van der Waals surface area contributed by atoms with Crippen LogP contribution in [0.1, 0.15) is 28.4 Å². The highest BCUT2D eigenvalue weighted by molar-refractivity contribution is 5.92. The lowest BCUT2D eigenvalue weighted by Crippen LogP contribution is -2.10. The fraction of sp³-hybridized carbons (Fsp3) is 0.385. The number of rotatable bonds is 6. The maximum Gasteiger partial charge on any atom is 0.373 e. The molecule has 0 unspecified atom stereocenters. The number of carbonyl (C=O) groups excluding carboxylic acids is 1. The average Bonchev–Trinajstić information content (AvgIpc) is 2.28. The van der Waals surface area contributed by atoms with Crippen LogP contribution in [-0.4, -0.2) is 19.2 Å². The number of hydrogen-bond acceptors (Lipinski definition) is 4. The third-order valence-corrected chi connectivity index (χ3v) is 2.27. The Hall–Kier alpha value is -1.39. The maximum atomic E-state index is 11.7. The summed E-state index contributed by atoms with van der Waals surface area (Å²) < 4.78 is 5.00. The Bertz CT molecular complexity index is 353. The fourth-order valence-corrected chi connectivity index (χ4v) is 1.45. The van der Waals surface area contributed by atoms with E-state index in [4.69, 9.17) is 4.74 Å². The normalized spacial score (nSPS) is 10.3. The molecule has 93 valence electrons. The standard InChI is InChI=1S/C13H17O4/c1-4-15-8-9-16-17-13(14)12-10(2)6-5-7-11(12)3/h5-7,9H,4,8H2,1-3H3. The lowest BCUT2D eigenvalue weighted by molar-refractivity contribution is -0.218. The van der Waals surface area contributed by atoms with E-state index in [2.05, 4.69) is 9.78 Å². The minimum absolute atomic E-state index is 0.288. The molecule has 0 bridgehead atoms. The summed E-state index contributed by atoms with van der Waals surface area (Å²) in [6, 6.07) is 5.60. The van der Waals surface area contributed by atoms with Crippen molar-refractivity contribution in [2.24, 2.45) is 0 Å². The van der Waals surface area contributed by atoms with E-state index in [1.807, 2.05) is 39.0 Å². The van der Waals surface area contributed by atoms with Crippen molar-refractivity contribution in [3.63, 3.8) is 0 Å². The number of ether oxygens (including phenoxy) is 1. The minimum atomic E-state index is -0.492. The van der Waals surface area contributed by atoms with Gasteiger partial charge in [-0.3, -0.25) is 4.89 Å². The van der Waals surface area contributed by atoms with E-state index in [0.29, 0.717) is 12.2 Å². The van der Waals surface area contributed by atoms with E-state index in [9.17, 15) is 4.79 Å². The first kappa shape index (κ1) is 13.7. The van der Waals surface area contributed by atoms with Crippen molar-refractivity contribution in [2.45, 2.75) is 20.8 Å². The number of benzene rings is 1. The largest absolute Gasteiger partial charge is 0.379 e. The van der Waals surface area contributed by atoms with Crippen LogP contribution in [0, 0.1) is 20.5 Å². The molecule has 4 heteroatoms. The zero-order chi connectivity index (χ0) is 12.7. The van der Waals surface area contributed by atoms with Crippen molar-refractivity contribution in [3.8, 4) is 0 Å². The van der Waals surface area contributed by atoms with Gasteiger partial charge in [-0.05, 0) is 31.9 Å². The van der Waals surface area contributed by atoms with Crippen molar-refractivity contribution in [1.29, 1.82) is 0 Å². The van der Waals surface area contributed by atoms with Crippen LogP contribution in [0.25, 0.3) is 0 Å². The monoisotopic (exact) mass is 237 g/mol. The lowest BCUT2D eigenvalue weighted by atomic mass is 10.0. The molecule has 0 aromatic heterocycles. The third kappa shape index (κ3) is 4.17. The van der Waals surface area contributed by atoms with Crippen LogP contribution >= 0.6 is 0 Å². The van der Waals surface area contributed by atoms with E-state index >= 15 is 0 Å². The summed E-state index contributed by atoms with van der Waals surface area (Å²) in [5.41, 5.74) is 2.27. The second-order valence-electron chi connectivity index (χ2n) is 3.56. The molecule has 0 saturated heterocycles. The van der Waals surface area contributed by atoms with Gasteiger partial charge in [-0.15, -0.1) is 0 Å². The van der Waals surface area contributed by atoms with E-state index in [-0.39, 0.29) is 6.61 Å². The highest BCUT2D eigenvalue weighted by Crippen LogP contribution is 2.14. The van der Waals surface area contributed by atoms with Gasteiger partial charge in [0.2, 0.25) is 0 Å². The van der Waals surface area contributed by atoms with Crippen LogP contribution in [0.15, 0.2) is 18.2 Å². The summed E-state index contributed by atoms with van der Waals surface area (Å²) >= 11 is 0. The molecule has 1 aromatic carbocycles. The van der Waals surface area contributed by atoms with Crippen LogP contribution in [0.2, 0.25) is 0 Å². The first-order valence-corrected chi connectivity index (χ1v) is 5.50. The van der Waals surface area contributed by atoms with Crippen molar-refractivity contribution in [1.82, 2.24) is 0 Å². The quantitative estimate of drug-likeness (QED) is 0.433. The van der Waals surface area contributed by atoms with E-state index in [1.54, 1.807) is 0 Å². The molecule has 17 heavy (non-hydrogen) atoms. The average molecular weight is 237 g/mol. The zero-order valence-electron chi connectivity index (χ0n) is 10.4. The molecule has 1 rings (SSSR count). The second kappa shape index (κ2) is 7.04. The molecule has 0 aliphatic heterocycles. The van der Waals surface area contributed by atoms with Gasteiger partial charge < -0.3 is 4.74 Å². The van der Waals surface area contributed by atoms with E-state index in [0.717, 1.165) is 11.1 Å².